The molecule has 0 fully saturated rings. The summed E-state index contributed by atoms with van der Waals surface area (Å²) in [6.45, 7) is 2.13. The van der Waals surface area contributed by atoms with E-state index in [0.717, 1.165) is 11.0 Å². The summed E-state index contributed by atoms with van der Waals surface area (Å²) in [5, 5.41) is 0. The van der Waals surface area contributed by atoms with Crippen LogP contribution in [0.4, 0.5) is 0 Å². The number of hydrogen-bond donors (Lipinski definition) is 0. The number of benzene rings is 4. The standard InChI is InChI=1S/C25H19B/c1-18-6-2-7-19(14-18)20-8-3-9-21(15-20)22-10-4-11-23(16-22)24-12-5-13-25(26)17-24/h2-17H,1H3. The molecule has 26 heavy (non-hydrogen) atoms. The van der Waals surface area contributed by atoms with E-state index in [9.17, 15) is 0 Å². The van der Waals surface area contributed by atoms with Crippen LogP contribution in [0.25, 0.3) is 33.4 Å². The topological polar surface area (TPSA) is 0 Å². The zero-order chi connectivity index (χ0) is 17.9. The van der Waals surface area contributed by atoms with Crippen LogP contribution in [0.3, 0.4) is 0 Å². The molecule has 0 N–H and O–H groups in total. The highest BCUT2D eigenvalue weighted by Crippen LogP contribution is 2.29. The van der Waals surface area contributed by atoms with Gasteiger partial charge >= 0.3 is 0 Å². The fourth-order valence-corrected chi connectivity index (χ4v) is 3.30. The summed E-state index contributed by atoms with van der Waals surface area (Å²) >= 11 is 0. The highest BCUT2D eigenvalue weighted by Gasteiger charge is 2.04. The van der Waals surface area contributed by atoms with Crippen molar-refractivity contribution in [3.8, 4) is 33.4 Å². The van der Waals surface area contributed by atoms with Gasteiger partial charge in [-0.05, 0) is 52.4 Å². The highest BCUT2D eigenvalue weighted by molar-refractivity contribution is 6.32. The molecule has 0 atom stereocenters. The van der Waals surface area contributed by atoms with Gasteiger partial charge in [-0.3, -0.25) is 0 Å². The molecule has 4 rings (SSSR count). The van der Waals surface area contributed by atoms with Crippen molar-refractivity contribution in [3.63, 3.8) is 0 Å². The minimum absolute atomic E-state index is 0.786. The average molecular weight is 330 g/mol. The Balaban J connectivity index is 1.75. The average Bonchev–Trinajstić information content (AvgIpc) is 2.68. The molecule has 4 aromatic rings. The third kappa shape index (κ3) is 3.48. The first-order chi connectivity index (χ1) is 12.7. The molecular weight excluding hydrogens is 311 g/mol. The first-order valence-corrected chi connectivity index (χ1v) is 8.82. The van der Waals surface area contributed by atoms with Crippen LogP contribution in [0.5, 0.6) is 0 Å². The van der Waals surface area contributed by atoms with Crippen molar-refractivity contribution in [2.24, 2.45) is 0 Å². The normalized spacial score (nSPS) is 10.7. The summed E-state index contributed by atoms with van der Waals surface area (Å²) in [5.41, 5.74) is 9.29. The minimum Gasteiger partial charge on any atom is -0.0961 e. The summed E-state index contributed by atoms with van der Waals surface area (Å²) in [6.07, 6.45) is 0. The number of rotatable bonds is 3. The number of hydrogen-bond acceptors (Lipinski definition) is 0. The molecular formula is C25H19B. The molecule has 0 nitrogen and oxygen atoms in total. The Kier molecular flexibility index (Phi) is 4.45. The van der Waals surface area contributed by atoms with Gasteiger partial charge in [0.2, 0.25) is 0 Å². The van der Waals surface area contributed by atoms with Gasteiger partial charge in [-0.1, -0.05) is 96.0 Å². The Labute approximate surface area is 156 Å². The zero-order valence-corrected chi connectivity index (χ0v) is 14.8. The van der Waals surface area contributed by atoms with Gasteiger partial charge in [0.1, 0.15) is 7.85 Å². The van der Waals surface area contributed by atoms with E-state index in [4.69, 9.17) is 7.85 Å². The lowest BCUT2D eigenvalue weighted by Crippen LogP contribution is -2.00. The maximum absolute atomic E-state index is 5.94. The van der Waals surface area contributed by atoms with Crippen molar-refractivity contribution < 1.29 is 0 Å². The molecule has 0 aliphatic carbocycles. The fraction of sp³-hybridized carbons (Fsp3) is 0.0400. The van der Waals surface area contributed by atoms with Crippen LogP contribution in [-0.2, 0) is 0 Å². The van der Waals surface area contributed by atoms with Crippen molar-refractivity contribution in [2.45, 2.75) is 6.92 Å². The van der Waals surface area contributed by atoms with Crippen molar-refractivity contribution in [3.05, 3.63) is 103 Å². The molecule has 0 spiro atoms. The first-order valence-electron chi connectivity index (χ1n) is 8.82. The van der Waals surface area contributed by atoms with E-state index >= 15 is 0 Å². The highest BCUT2D eigenvalue weighted by atomic mass is 14.1. The lowest BCUT2D eigenvalue weighted by molar-refractivity contribution is 1.47. The predicted molar refractivity (Wildman–Crippen MR) is 113 cm³/mol. The second kappa shape index (κ2) is 7.05. The molecule has 0 saturated carbocycles. The molecule has 2 radical (unpaired) electrons. The van der Waals surface area contributed by atoms with Crippen molar-refractivity contribution >= 4 is 13.3 Å². The monoisotopic (exact) mass is 330 g/mol. The van der Waals surface area contributed by atoms with Gasteiger partial charge in [0.05, 0.1) is 0 Å². The molecule has 4 aromatic carbocycles. The molecule has 1 heteroatoms. The predicted octanol–water partition coefficient (Wildman–Crippen LogP) is 5.79. The van der Waals surface area contributed by atoms with Crippen molar-refractivity contribution in [1.82, 2.24) is 0 Å². The van der Waals surface area contributed by atoms with Gasteiger partial charge in [0.25, 0.3) is 0 Å². The molecule has 0 saturated heterocycles. The van der Waals surface area contributed by atoms with E-state index in [-0.39, 0.29) is 0 Å². The molecule has 0 aliphatic heterocycles. The maximum Gasteiger partial charge on any atom is 0.113 e. The second-order valence-corrected chi connectivity index (χ2v) is 6.66. The quantitative estimate of drug-likeness (QED) is 0.417. The van der Waals surface area contributed by atoms with Crippen LogP contribution in [0.2, 0.25) is 0 Å². The minimum atomic E-state index is 0.786. The molecule has 0 bridgehead atoms. The van der Waals surface area contributed by atoms with E-state index in [1.807, 2.05) is 18.2 Å². The summed E-state index contributed by atoms with van der Waals surface area (Å²) in [5.74, 6) is 0. The van der Waals surface area contributed by atoms with Crippen molar-refractivity contribution in [2.75, 3.05) is 0 Å². The van der Waals surface area contributed by atoms with E-state index in [0.29, 0.717) is 0 Å². The van der Waals surface area contributed by atoms with E-state index in [1.54, 1.807) is 0 Å². The molecule has 0 heterocycles. The van der Waals surface area contributed by atoms with Gasteiger partial charge < -0.3 is 0 Å². The van der Waals surface area contributed by atoms with Gasteiger partial charge in [0, 0.05) is 0 Å². The third-order valence-corrected chi connectivity index (χ3v) is 4.63. The van der Waals surface area contributed by atoms with Gasteiger partial charge in [-0.2, -0.15) is 0 Å². The Hall–Kier alpha value is -3.06. The van der Waals surface area contributed by atoms with E-state index < -0.39 is 0 Å². The van der Waals surface area contributed by atoms with Crippen LogP contribution >= 0.6 is 0 Å². The van der Waals surface area contributed by atoms with Crippen LogP contribution in [0.15, 0.2) is 97.1 Å². The largest absolute Gasteiger partial charge is 0.113 e. The Morgan fingerprint density at radius 2 is 0.846 bits per heavy atom. The van der Waals surface area contributed by atoms with Crippen LogP contribution < -0.4 is 5.46 Å². The Morgan fingerprint density at radius 3 is 1.31 bits per heavy atom. The molecule has 0 aromatic heterocycles. The number of aryl methyl sites for hydroxylation is 1. The zero-order valence-electron chi connectivity index (χ0n) is 14.8. The summed E-state index contributed by atoms with van der Waals surface area (Å²) in [4.78, 5) is 0. The molecule has 122 valence electrons. The van der Waals surface area contributed by atoms with Crippen LogP contribution in [0.1, 0.15) is 5.56 Å². The van der Waals surface area contributed by atoms with E-state index in [2.05, 4.69) is 85.8 Å². The maximum atomic E-state index is 5.94. The Morgan fingerprint density at radius 1 is 0.462 bits per heavy atom. The smallest absolute Gasteiger partial charge is 0.0961 e. The SMILES string of the molecule is [B]c1cccc(-c2cccc(-c3cccc(-c4cccc(C)c4)c3)c2)c1. The van der Waals surface area contributed by atoms with E-state index in [1.165, 1.54) is 33.4 Å². The van der Waals surface area contributed by atoms with Gasteiger partial charge in [-0.25, -0.2) is 0 Å². The van der Waals surface area contributed by atoms with Crippen LogP contribution in [-0.4, -0.2) is 7.85 Å². The second-order valence-electron chi connectivity index (χ2n) is 6.66. The third-order valence-electron chi connectivity index (χ3n) is 4.63. The van der Waals surface area contributed by atoms with Gasteiger partial charge in [-0.15, -0.1) is 0 Å². The summed E-state index contributed by atoms with van der Waals surface area (Å²) < 4.78 is 0. The molecule has 0 aliphatic rings. The lowest BCUT2D eigenvalue weighted by atomic mass is 9.91. The summed E-state index contributed by atoms with van der Waals surface area (Å²) in [6, 6.07) is 34.0. The van der Waals surface area contributed by atoms with Crippen molar-refractivity contribution in [1.29, 1.82) is 0 Å². The fourth-order valence-electron chi connectivity index (χ4n) is 3.30. The lowest BCUT2D eigenvalue weighted by Gasteiger charge is -2.09. The molecule has 0 unspecified atom stereocenters. The van der Waals surface area contributed by atoms with Crippen LogP contribution in [0, 0.1) is 6.92 Å². The molecule has 0 amide bonds. The summed E-state index contributed by atoms with van der Waals surface area (Å²) in [7, 11) is 5.94. The Bertz CT molecular complexity index is 976. The van der Waals surface area contributed by atoms with Gasteiger partial charge in [0.15, 0.2) is 0 Å². The first kappa shape index (κ1) is 16.4.